The summed E-state index contributed by atoms with van der Waals surface area (Å²) in [6, 6.07) is 7.30. The summed E-state index contributed by atoms with van der Waals surface area (Å²) in [5.74, 6) is 0.356. The number of hydrogen-bond acceptors (Lipinski definition) is 5. The summed E-state index contributed by atoms with van der Waals surface area (Å²) in [7, 11) is -3.90. The van der Waals surface area contributed by atoms with Crippen LogP contribution in [-0.2, 0) is 25.6 Å². The second-order valence-electron chi connectivity index (χ2n) is 5.83. The maximum Gasteiger partial charge on any atom is 0.329 e. The molecule has 0 fully saturated rings. The molecule has 0 spiro atoms. The smallest absolute Gasteiger partial charge is 0.329 e. The molecule has 1 aromatic rings. The van der Waals surface area contributed by atoms with Gasteiger partial charge in [-0.25, -0.2) is 0 Å². The van der Waals surface area contributed by atoms with Crippen LogP contribution in [0.3, 0.4) is 0 Å². The van der Waals surface area contributed by atoms with Crippen LogP contribution in [0.5, 0.6) is 5.75 Å². The molecule has 0 aliphatic carbocycles. The summed E-state index contributed by atoms with van der Waals surface area (Å²) < 4.78 is 33.0. The van der Waals surface area contributed by atoms with Crippen LogP contribution in [0.2, 0.25) is 0 Å². The van der Waals surface area contributed by atoms with E-state index in [1.807, 2.05) is 12.1 Å². The minimum absolute atomic E-state index is 0. The molecule has 25 heavy (non-hydrogen) atoms. The van der Waals surface area contributed by atoms with Crippen LogP contribution in [0.25, 0.3) is 0 Å². The molecule has 1 rings (SSSR count). The number of ether oxygens (including phenoxy) is 1. The van der Waals surface area contributed by atoms with Gasteiger partial charge in [0.05, 0.1) is 0 Å². The van der Waals surface area contributed by atoms with Crippen LogP contribution in [0.4, 0.5) is 0 Å². The third kappa shape index (κ3) is 10.6. The van der Waals surface area contributed by atoms with E-state index in [1.54, 1.807) is 19.1 Å². The fourth-order valence-corrected chi connectivity index (χ4v) is 2.87. The normalized spacial score (nSPS) is 12.4. The van der Waals surface area contributed by atoms with E-state index in [0.29, 0.717) is 5.75 Å². The van der Waals surface area contributed by atoms with Gasteiger partial charge in [-0.15, -0.1) is 0 Å². The minimum atomic E-state index is -3.90. The number of aryl methyl sites for hydroxylation is 1. The predicted molar refractivity (Wildman–Crippen MR) is 101 cm³/mol. The van der Waals surface area contributed by atoms with Gasteiger partial charge in [0, 0.05) is 36.2 Å². The third-order valence-electron chi connectivity index (χ3n) is 3.78. The molecule has 7 heteroatoms. The second kappa shape index (κ2) is 14.0. The Morgan fingerprint density at radius 2 is 1.56 bits per heavy atom. The number of unbranched alkanes of at least 4 members (excludes halogenated alkanes) is 5. The Bertz CT molecular complexity index is 545. The monoisotopic (exact) mass is 381 g/mol. The van der Waals surface area contributed by atoms with Crippen molar-refractivity contribution in [2.24, 2.45) is 0 Å². The van der Waals surface area contributed by atoms with Crippen LogP contribution in [0.1, 0.15) is 64.9 Å². The Kier molecular flexibility index (Phi) is 13.9. The zero-order chi connectivity index (χ0) is 17.8. The van der Waals surface area contributed by atoms with Crippen molar-refractivity contribution in [3.8, 4) is 5.75 Å². The van der Waals surface area contributed by atoms with E-state index in [-0.39, 0.29) is 36.2 Å². The molecule has 0 aliphatic heterocycles. The fourth-order valence-electron chi connectivity index (χ4n) is 2.28. The van der Waals surface area contributed by atoms with Gasteiger partial charge in [-0.2, -0.15) is 8.42 Å². The van der Waals surface area contributed by atoms with Gasteiger partial charge < -0.3 is 9.62 Å². The predicted octanol–water partition coefficient (Wildman–Crippen LogP) is 4.23. The molecule has 0 saturated carbocycles. The van der Waals surface area contributed by atoms with Crippen LogP contribution in [-0.4, -0.2) is 50.0 Å². The quantitative estimate of drug-likeness (QED) is 0.221. The Balaban J connectivity index is 0.00000576. The van der Waals surface area contributed by atoms with E-state index < -0.39 is 15.6 Å². The topological polar surface area (TPSA) is 61.8 Å². The molecule has 0 saturated heterocycles. The maximum atomic E-state index is 11.7. The van der Waals surface area contributed by atoms with Gasteiger partial charge in [0.2, 0.25) is 0 Å². The summed E-state index contributed by atoms with van der Waals surface area (Å²) in [5, 5.41) is 0. The Hall–Kier alpha value is -0.110. The molecular weight excluding hydrogens is 351 g/mol. The van der Waals surface area contributed by atoms with E-state index in [4.69, 9.17) is 9.62 Å². The van der Waals surface area contributed by atoms with Crippen LogP contribution in [0.15, 0.2) is 24.3 Å². The summed E-state index contributed by atoms with van der Waals surface area (Å²) in [6.45, 7) is 5.63. The first-order valence-corrected chi connectivity index (χ1v) is 10.3. The molecule has 0 amide bonds. The average Bonchev–Trinajstić information content (AvgIpc) is 2.57. The van der Waals surface area contributed by atoms with Crippen molar-refractivity contribution < 1.29 is 22.4 Å². The molecule has 0 aliphatic rings. The van der Waals surface area contributed by atoms with Crippen molar-refractivity contribution in [1.82, 2.24) is 0 Å². The SMILES string of the molecule is CCCCCCCCc1ccc(OOS(=O)(=O)C(C)OCC)cc1.[Na]. The Morgan fingerprint density at radius 1 is 0.960 bits per heavy atom. The van der Waals surface area contributed by atoms with Crippen molar-refractivity contribution in [3.05, 3.63) is 29.8 Å². The first-order chi connectivity index (χ1) is 11.5. The van der Waals surface area contributed by atoms with Crippen molar-refractivity contribution >= 4 is 39.7 Å². The largest absolute Gasteiger partial charge is 0.360 e. The van der Waals surface area contributed by atoms with Gasteiger partial charge in [-0.1, -0.05) is 55.5 Å². The van der Waals surface area contributed by atoms with Crippen LogP contribution in [0, 0.1) is 0 Å². The maximum absolute atomic E-state index is 11.7. The Morgan fingerprint density at radius 3 is 2.16 bits per heavy atom. The van der Waals surface area contributed by atoms with E-state index >= 15 is 0 Å². The first kappa shape index (κ1) is 24.9. The Labute approximate surface area is 174 Å². The number of hydrogen-bond donors (Lipinski definition) is 0. The fraction of sp³-hybridized carbons (Fsp3) is 0.667. The van der Waals surface area contributed by atoms with E-state index in [2.05, 4.69) is 11.3 Å². The van der Waals surface area contributed by atoms with Crippen molar-refractivity contribution in [3.63, 3.8) is 0 Å². The number of rotatable bonds is 13. The summed E-state index contributed by atoms with van der Waals surface area (Å²) in [4.78, 5) is 4.90. The molecule has 0 aromatic heterocycles. The first-order valence-electron chi connectivity index (χ1n) is 8.80. The van der Waals surface area contributed by atoms with Gasteiger partial charge in [0.15, 0.2) is 11.2 Å². The van der Waals surface area contributed by atoms with Crippen LogP contribution < -0.4 is 4.89 Å². The zero-order valence-electron chi connectivity index (χ0n) is 16.0. The van der Waals surface area contributed by atoms with Gasteiger partial charge in [0.25, 0.3) is 0 Å². The molecule has 0 bridgehead atoms. The van der Waals surface area contributed by atoms with Gasteiger partial charge in [-0.3, -0.25) is 0 Å². The van der Waals surface area contributed by atoms with E-state index in [0.717, 1.165) is 6.42 Å². The summed E-state index contributed by atoms with van der Waals surface area (Å²) in [6.07, 6.45) is 8.62. The van der Waals surface area contributed by atoms with Gasteiger partial charge in [0.1, 0.15) is 0 Å². The average molecular weight is 381 g/mol. The summed E-state index contributed by atoms with van der Waals surface area (Å²) >= 11 is 0. The molecule has 0 N–H and O–H groups in total. The van der Waals surface area contributed by atoms with Crippen molar-refractivity contribution in [2.45, 2.75) is 71.2 Å². The second-order valence-corrected chi connectivity index (χ2v) is 7.61. The molecule has 1 atom stereocenters. The molecule has 1 unspecified atom stereocenters. The number of benzene rings is 1. The van der Waals surface area contributed by atoms with Crippen molar-refractivity contribution in [1.29, 1.82) is 0 Å². The minimum Gasteiger partial charge on any atom is -0.360 e. The molecule has 0 heterocycles. The van der Waals surface area contributed by atoms with Gasteiger partial charge in [-0.05, 0) is 44.4 Å². The van der Waals surface area contributed by atoms with E-state index in [1.165, 1.54) is 51.0 Å². The standard InChI is InChI=1S/C18H30O5S.Na/c1-4-6-7-8-9-10-11-17-12-14-18(15-13-17)22-23-24(19,20)16(3)21-5-2;/h12-16H,4-11H2,1-3H3;. The molecule has 5 nitrogen and oxygen atoms in total. The summed E-state index contributed by atoms with van der Waals surface area (Å²) in [5.41, 5.74) is 0.151. The molecule has 139 valence electrons. The van der Waals surface area contributed by atoms with Crippen molar-refractivity contribution in [2.75, 3.05) is 6.61 Å². The zero-order valence-corrected chi connectivity index (χ0v) is 18.8. The van der Waals surface area contributed by atoms with E-state index in [9.17, 15) is 8.42 Å². The third-order valence-corrected chi connectivity index (χ3v) is 4.98. The molecule has 1 aromatic carbocycles. The van der Waals surface area contributed by atoms with Gasteiger partial charge >= 0.3 is 10.1 Å². The van der Waals surface area contributed by atoms with Crippen LogP contribution >= 0.6 is 0 Å². The molecule has 1 radical (unpaired) electrons. The molecular formula is C18H30NaO5S.